The largest absolute Gasteiger partial charge is 0.303 e. The Morgan fingerprint density at radius 2 is 2.42 bits per heavy atom. The normalized spacial score (nSPS) is 21.0. The van der Waals surface area contributed by atoms with Crippen molar-refractivity contribution in [3.05, 3.63) is 34.4 Å². The van der Waals surface area contributed by atoms with Crippen molar-refractivity contribution in [2.24, 2.45) is 5.92 Å². The predicted molar refractivity (Wildman–Crippen MR) is 74.4 cm³/mol. The van der Waals surface area contributed by atoms with Gasteiger partial charge in [-0.2, -0.15) is 5.10 Å². The van der Waals surface area contributed by atoms with Crippen LogP contribution in [0.3, 0.4) is 0 Å². The van der Waals surface area contributed by atoms with Gasteiger partial charge in [-0.25, -0.2) is 0 Å². The van der Waals surface area contributed by atoms with E-state index in [-0.39, 0.29) is 5.43 Å². The number of rotatable bonds is 3. The number of nitrogens with zero attached hydrogens (tertiary/aromatic N) is 3. The Labute approximate surface area is 112 Å². The number of pyridine rings is 1. The summed E-state index contributed by atoms with van der Waals surface area (Å²) in [4.78, 5) is 13.8. The summed E-state index contributed by atoms with van der Waals surface area (Å²) >= 11 is 0. The van der Waals surface area contributed by atoms with Gasteiger partial charge < -0.3 is 4.90 Å². The third-order valence-corrected chi connectivity index (χ3v) is 4.03. The molecule has 2 aromatic rings. The summed E-state index contributed by atoms with van der Waals surface area (Å²) in [5.41, 5.74) is 0.802. The molecule has 1 N–H and O–H groups in total. The van der Waals surface area contributed by atoms with Crippen LogP contribution in [0.15, 0.2) is 23.1 Å². The van der Waals surface area contributed by atoms with E-state index in [4.69, 9.17) is 0 Å². The Balaban J connectivity index is 1.79. The van der Waals surface area contributed by atoms with Gasteiger partial charge >= 0.3 is 0 Å². The van der Waals surface area contributed by atoms with Crippen LogP contribution < -0.4 is 5.43 Å². The Kier molecular flexibility index (Phi) is 3.38. The van der Waals surface area contributed by atoms with Crippen molar-refractivity contribution in [1.82, 2.24) is 19.5 Å². The van der Waals surface area contributed by atoms with Gasteiger partial charge in [0, 0.05) is 31.3 Å². The monoisotopic (exact) mass is 260 g/mol. The van der Waals surface area contributed by atoms with Crippen LogP contribution in [0.5, 0.6) is 0 Å². The van der Waals surface area contributed by atoms with Crippen molar-refractivity contribution in [2.75, 3.05) is 19.6 Å². The molecule has 1 aliphatic heterocycles. The summed E-state index contributed by atoms with van der Waals surface area (Å²) < 4.78 is 1.99. The lowest BCUT2D eigenvalue weighted by molar-refractivity contribution is 0.180. The highest BCUT2D eigenvalue weighted by molar-refractivity contribution is 5.37. The molecule has 5 heteroatoms. The van der Waals surface area contributed by atoms with Gasteiger partial charge in [0.2, 0.25) is 0 Å². The highest BCUT2D eigenvalue weighted by Gasteiger charge is 2.20. The Bertz CT molecular complexity index is 615. The fourth-order valence-corrected chi connectivity index (χ4v) is 2.97. The number of nitrogens with one attached hydrogen (secondary N) is 1. The molecular weight excluding hydrogens is 240 g/mol. The number of hydrogen-bond acceptors (Lipinski definition) is 3. The molecule has 2 aromatic heterocycles. The van der Waals surface area contributed by atoms with E-state index in [0.717, 1.165) is 31.0 Å². The number of fused-ring (bicyclic) bond motifs is 1. The number of aromatic nitrogens is 3. The maximum Gasteiger partial charge on any atom is 0.183 e. The second kappa shape index (κ2) is 5.17. The van der Waals surface area contributed by atoms with Crippen molar-refractivity contribution in [2.45, 2.75) is 26.2 Å². The van der Waals surface area contributed by atoms with E-state index >= 15 is 0 Å². The molecule has 1 atom stereocenters. The first kappa shape index (κ1) is 12.4. The van der Waals surface area contributed by atoms with Crippen molar-refractivity contribution in [1.29, 1.82) is 0 Å². The predicted octanol–water partition coefficient (Wildman–Crippen LogP) is 1.30. The molecule has 0 aliphatic carbocycles. The van der Waals surface area contributed by atoms with E-state index in [0.29, 0.717) is 5.92 Å². The molecule has 0 saturated carbocycles. The highest BCUT2D eigenvalue weighted by atomic mass is 16.1. The van der Waals surface area contributed by atoms with Gasteiger partial charge in [0.05, 0.1) is 0 Å². The minimum atomic E-state index is 0.0185. The Morgan fingerprint density at radius 3 is 3.26 bits per heavy atom. The maximum absolute atomic E-state index is 11.3. The molecule has 3 rings (SSSR count). The van der Waals surface area contributed by atoms with Crippen LogP contribution in [-0.4, -0.2) is 39.1 Å². The second-order valence-electron chi connectivity index (χ2n) is 5.36. The summed E-state index contributed by atoms with van der Waals surface area (Å²) in [7, 11) is 0. The van der Waals surface area contributed by atoms with Gasteiger partial charge in [0.1, 0.15) is 11.5 Å². The topological polar surface area (TPSA) is 53.4 Å². The lowest BCUT2D eigenvalue weighted by Crippen LogP contribution is -2.36. The van der Waals surface area contributed by atoms with E-state index in [9.17, 15) is 4.79 Å². The molecule has 3 heterocycles. The van der Waals surface area contributed by atoms with E-state index in [1.54, 1.807) is 12.1 Å². The number of piperidine rings is 1. The zero-order valence-corrected chi connectivity index (χ0v) is 11.3. The Morgan fingerprint density at radius 1 is 1.53 bits per heavy atom. The number of likely N-dealkylation sites (tertiary alicyclic amines) is 1. The first-order valence-corrected chi connectivity index (χ1v) is 7.04. The third kappa shape index (κ3) is 2.56. The molecule has 5 nitrogen and oxygen atoms in total. The number of H-pyrrole nitrogens is 1. The van der Waals surface area contributed by atoms with Gasteiger partial charge in [-0.05, 0) is 31.8 Å². The van der Waals surface area contributed by atoms with Gasteiger partial charge in [-0.3, -0.25) is 14.3 Å². The zero-order chi connectivity index (χ0) is 13.2. The summed E-state index contributed by atoms with van der Waals surface area (Å²) in [5, 5.41) is 7.31. The average molecular weight is 260 g/mol. The quantitative estimate of drug-likeness (QED) is 0.905. The molecule has 0 spiro atoms. The molecule has 1 unspecified atom stereocenters. The zero-order valence-electron chi connectivity index (χ0n) is 11.3. The highest BCUT2D eigenvalue weighted by Crippen LogP contribution is 2.20. The van der Waals surface area contributed by atoms with Crippen LogP contribution in [0, 0.1) is 5.92 Å². The van der Waals surface area contributed by atoms with Crippen LogP contribution >= 0.6 is 0 Å². The molecule has 1 fully saturated rings. The molecule has 1 saturated heterocycles. The first-order chi connectivity index (χ1) is 9.26. The standard InChI is InChI=1S/C14H20N4O/c1-2-17-6-3-4-11(10-17)8-13-15-16-14-9-12(19)5-7-18(13)14/h5,7,9,11,16H,2-4,6,8,10H2,1H3. The van der Waals surface area contributed by atoms with Gasteiger partial charge in [-0.15, -0.1) is 0 Å². The smallest absolute Gasteiger partial charge is 0.183 e. The maximum atomic E-state index is 11.3. The molecule has 0 bridgehead atoms. The van der Waals surface area contributed by atoms with E-state index in [1.807, 2.05) is 10.6 Å². The molecule has 102 valence electrons. The minimum Gasteiger partial charge on any atom is -0.303 e. The van der Waals surface area contributed by atoms with Crippen LogP contribution in [0.25, 0.3) is 5.65 Å². The van der Waals surface area contributed by atoms with Crippen LogP contribution in [0.2, 0.25) is 0 Å². The van der Waals surface area contributed by atoms with Gasteiger partial charge in [-0.1, -0.05) is 6.92 Å². The molecular formula is C14H20N4O. The summed E-state index contributed by atoms with van der Waals surface area (Å²) in [5.74, 6) is 1.69. The van der Waals surface area contributed by atoms with Crippen LogP contribution in [0.4, 0.5) is 0 Å². The SMILES string of the molecule is CCN1CCCC(Cc2n[nH]c3cc(=O)ccn23)C1. The second-order valence-corrected chi connectivity index (χ2v) is 5.36. The van der Waals surface area contributed by atoms with Crippen LogP contribution in [0.1, 0.15) is 25.6 Å². The summed E-state index contributed by atoms with van der Waals surface area (Å²) in [6, 6.07) is 3.18. The average Bonchev–Trinajstić information content (AvgIpc) is 2.81. The van der Waals surface area contributed by atoms with E-state index < -0.39 is 0 Å². The van der Waals surface area contributed by atoms with Crippen molar-refractivity contribution in [3.63, 3.8) is 0 Å². The van der Waals surface area contributed by atoms with Gasteiger partial charge in [0.25, 0.3) is 0 Å². The molecule has 1 aliphatic rings. The number of hydrogen-bond donors (Lipinski definition) is 1. The van der Waals surface area contributed by atoms with Gasteiger partial charge in [0.15, 0.2) is 5.43 Å². The molecule has 0 aromatic carbocycles. The van der Waals surface area contributed by atoms with Crippen molar-refractivity contribution in [3.8, 4) is 0 Å². The third-order valence-electron chi connectivity index (χ3n) is 4.03. The lowest BCUT2D eigenvalue weighted by atomic mass is 9.94. The molecule has 0 radical (unpaired) electrons. The summed E-state index contributed by atoms with van der Waals surface area (Å²) in [6.07, 6.45) is 5.33. The fourth-order valence-electron chi connectivity index (χ4n) is 2.97. The first-order valence-electron chi connectivity index (χ1n) is 7.04. The van der Waals surface area contributed by atoms with Crippen molar-refractivity contribution >= 4 is 5.65 Å². The number of aromatic amines is 1. The molecule has 19 heavy (non-hydrogen) atoms. The van der Waals surface area contributed by atoms with E-state index in [1.165, 1.54) is 19.4 Å². The lowest BCUT2D eigenvalue weighted by Gasteiger charge is -2.31. The van der Waals surface area contributed by atoms with E-state index in [2.05, 4.69) is 22.0 Å². The summed E-state index contributed by atoms with van der Waals surface area (Å²) in [6.45, 7) is 5.73. The van der Waals surface area contributed by atoms with Crippen LogP contribution in [-0.2, 0) is 6.42 Å². The van der Waals surface area contributed by atoms with Crippen molar-refractivity contribution < 1.29 is 0 Å². The Hall–Kier alpha value is -1.62. The minimum absolute atomic E-state index is 0.0185. The fraction of sp³-hybridized carbons (Fsp3) is 0.571. The molecule has 0 amide bonds.